The number of hydrogen-bond donors (Lipinski definition) is 0. The van der Waals surface area contributed by atoms with Crippen molar-refractivity contribution >= 4 is 12.0 Å². The first kappa shape index (κ1) is 18.5. The lowest BCUT2D eigenvalue weighted by Crippen LogP contribution is -2.57. The molecule has 1 saturated heterocycles. The topological polar surface area (TPSA) is 58.7 Å². The zero-order chi connectivity index (χ0) is 18.0. The van der Waals surface area contributed by atoms with Crippen LogP contribution in [0.15, 0.2) is 30.3 Å². The minimum absolute atomic E-state index is 0.286. The Bertz CT molecular complexity index is 604. The number of piperidine rings is 1. The van der Waals surface area contributed by atoms with Crippen molar-refractivity contribution in [2.75, 3.05) is 13.7 Å². The Labute approximate surface area is 143 Å². The standard InChI is InChI=1S/C19H26NO4/c1-18(2)13-20(22)19(3,4)12-16(18)24-17(21)11-8-14-6-9-15(23-5)10-7-14/h6-11,16H,12-13H2,1-5H3/b11-8+. The number of carbonyl (C=O) groups is 1. The van der Waals surface area contributed by atoms with E-state index in [1.165, 1.54) is 6.08 Å². The second kappa shape index (κ2) is 6.95. The highest BCUT2D eigenvalue weighted by molar-refractivity contribution is 5.87. The lowest BCUT2D eigenvalue weighted by Gasteiger charge is -2.48. The molecule has 5 nitrogen and oxygen atoms in total. The number of hydrogen-bond acceptors (Lipinski definition) is 4. The van der Waals surface area contributed by atoms with Gasteiger partial charge in [0.15, 0.2) is 0 Å². The molecule has 0 bridgehead atoms. The summed E-state index contributed by atoms with van der Waals surface area (Å²) in [6.07, 6.45) is 3.37. The highest BCUT2D eigenvalue weighted by Crippen LogP contribution is 2.39. The smallest absolute Gasteiger partial charge is 0.331 e. The fourth-order valence-electron chi connectivity index (χ4n) is 2.78. The number of rotatable bonds is 4. The van der Waals surface area contributed by atoms with Crippen molar-refractivity contribution in [3.63, 3.8) is 0 Å². The molecular formula is C19H26NO4. The van der Waals surface area contributed by atoms with Gasteiger partial charge in [0.05, 0.1) is 7.11 Å². The van der Waals surface area contributed by atoms with Gasteiger partial charge in [0.1, 0.15) is 11.9 Å². The molecule has 1 heterocycles. The van der Waals surface area contributed by atoms with Crippen LogP contribution in [0.3, 0.4) is 0 Å². The molecule has 2 rings (SSSR count). The Morgan fingerprint density at radius 2 is 1.83 bits per heavy atom. The van der Waals surface area contributed by atoms with Crippen molar-refractivity contribution in [3.05, 3.63) is 35.9 Å². The van der Waals surface area contributed by atoms with Gasteiger partial charge in [-0.25, -0.2) is 4.79 Å². The summed E-state index contributed by atoms with van der Waals surface area (Å²) >= 11 is 0. The van der Waals surface area contributed by atoms with E-state index in [4.69, 9.17) is 9.47 Å². The van der Waals surface area contributed by atoms with Gasteiger partial charge in [-0.3, -0.25) is 0 Å². The van der Waals surface area contributed by atoms with E-state index in [1.807, 2.05) is 52.0 Å². The second-order valence-electron chi connectivity index (χ2n) is 7.57. The molecule has 1 aliphatic rings. The molecule has 24 heavy (non-hydrogen) atoms. The normalized spacial score (nSPS) is 23.2. The van der Waals surface area contributed by atoms with Gasteiger partial charge in [-0.05, 0) is 37.6 Å². The maximum atomic E-state index is 12.2. The van der Waals surface area contributed by atoms with E-state index in [0.29, 0.717) is 13.0 Å². The van der Waals surface area contributed by atoms with Gasteiger partial charge < -0.3 is 9.47 Å². The van der Waals surface area contributed by atoms with E-state index in [2.05, 4.69) is 0 Å². The molecule has 1 fully saturated rings. The molecular weight excluding hydrogens is 306 g/mol. The third-order valence-electron chi connectivity index (χ3n) is 4.57. The van der Waals surface area contributed by atoms with Crippen LogP contribution in [0.5, 0.6) is 5.75 Å². The van der Waals surface area contributed by atoms with Crippen molar-refractivity contribution < 1.29 is 19.5 Å². The molecule has 0 amide bonds. The van der Waals surface area contributed by atoms with E-state index < -0.39 is 5.54 Å². The van der Waals surface area contributed by atoms with E-state index in [0.717, 1.165) is 16.4 Å². The van der Waals surface area contributed by atoms with Gasteiger partial charge in [0.25, 0.3) is 0 Å². The molecule has 5 heteroatoms. The van der Waals surface area contributed by atoms with E-state index in [-0.39, 0.29) is 17.5 Å². The summed E-state index contributed by atoms with van der Waals surface area (Å²) in [6, 6.07) is 7.40. The summed E-state index contributed by atoms with van der Waals surface area (Å²) in [6.45, 7) is 8.02. The fraction of sp³-hybridized carbons (Fsp3) is 0.526. The van der Waals surface area contributed by atoms with Gasteiger partial charge in [-0.15, -0.1) is 10.3 Å². The average Bonchev–Trinajstić information content (AvgIpc) is 2.51. The molecule has 1 aliphatic heterocycles. The molecule has 0 N–H and O–H groups in total. The molecule has 1 unspecified atom stereocenters. The van der Waals surface area contributed by atoms with E-state index in [1.54, 1.807) is 13.2 Å². The van der Waals surface area contributed by atoms with Gasteiger partial charge in [-0.2, -0.15) is 0 Å². The number of esters is 1. The Balaban J connectivity index is 2.01. The predicted molar refractivity (Wildman–Crippen MR) is 91.8 cm³/mol. The fourth-order valence-corrected chi connectivity index (χ4v) is 2.78. The lowest BCUT2D eigenvalue weighted by molar-refractivity contribution is -0.270. The summed E-state index contributed by atoms with van der Waals surface area (Å²) < 4.78 is 10.7. The molecule has 0 spiro atoms. The Morgan fingerprint density at radius 1 is 1.21 bits per heavy atom. The monoisotopic (exact) mass is 332 g/mol. The van der Waals surface area contributed by atoms with Crippen molar-refractivity contribution in [1.29, 1.82) is 0 Å². The van der Waals surface area contributed by atoms with E-state index >= 15 is 0 Å². The highest BCUT2D eigenvalue weighted by Gasteiger charge is 2.47. The maximum Gasteiger partial charge on any atom is 0.331 e. The third kappa shape index (κ3) is 4.36. The number of nitrogens with zero attached hydrogens (tertiary/aromatic N) is 1. The maximum absolute atomic E-state index is 12.2. The van der Waals surface area contributed by atoms with Crippen LogP contribution >= 0.6 is 0 Å². The van der Waals surface area contributed by atoms with Gasteiger partial charge in [0, 0.05) is 30.0 Å². The molecule has 0 aliphatic carbocycles. The van der Waals surface area contributed by atoms with Gasteiger partial charge in [-0.1, -0.05) is 26.0 Å². The molecule has 1 aromatic carbocycles. The van der Waals surface area contributed by atoms with Crippen molar-refractivity contribution in [3.8, 4) is 5.75 Å². The van der Waals surface area contributed by atoms with Crippen LogP contribution in [0.1, 0.15) is 39.7 Å². The zero-order valence-electron chi connectivity index (χ0n) is 15.0. The molecule has 0 aromatic heterocycles. The first-order valence-corrected chi connectivity index (χ1v) is 8.11. The molecule has 1 aromatic rings. The molecule has 131 valence electrons. The second-order valence-corrected chi connectivity index (χ2v) is 7.57. The van der Waals surface area contributed by atoms with Crippen LogP contribution in [-0.4, -0.2) is 36.3 Å². The summed E-state index contributed by atoms with van der Waals surface area (Å²) in [5.74, 6) is 0.377. The van der Waals surface area contributed by atoms with Crippen LogP contribution in [0, 0.1) is 5.41 Å². The Hall–Kier alpha value is -1.85. The quantitative estimate of drug-likeness (QED) is 0.626. The van der Waals surface area contributed by atoms with Gasteiger partial charge >= 0.3 is 5.97 Å². The number of hydroxylamine groups is 2. The summed E-state index contributed by atoms with van der Waals surface area (Å²) in [5, 5.41) is 13.2. The van der Waals surface area contributed by atoms with Crippen LogP contribution in [-0.2, 0) is 14.7 Å². The minimum Gasteiger partial charge on any atom is -0.497 e. The summed E-state index contributed by atoms with van der Waals surface area (Å²) in [4.78, 5) is 12.2. The van der Waals surface area contributed by atoms with Crippen molar-refractivity contribution in [2.24, 2.45) is 5.41 Å². The molecule has 1 atom stereocenters. The van der Waals surface area contributed by atoms with Crippen LogP contribution < -0.4 is 4.74 Å². The zero-order valence-corrected chi connectivity index (χ0v) is 15.0. The number of methoxy groups -OCH3 is 1. The Kier molecular flexibility index (Phi) is 5.35. The predicted octanol–water partition coefficient (Wildman–Crippen LogP) is 3.48. The molecule has 0 saturated carbocycles. The minimum atomic E-state index is -0.528. The average molecular weight is 332 g/mol. The number of benzene rings is 1. The summed E-state index contributed by atoms with van der Waals surface area (Å²) in [5.41, 5.74) is -0.0113. The van der Waals surface area contributed by atoms with Crippen molar-refractivity contribution in [2.45, 2.75) is 45.8 Å². The molecule has 1 radical (unpaired) electrons. The number of carbonyl (C=O) groups excluding carboxylic acids is 1. The highest BCUT2D eigenvalue weighted by atomic mass is 16.5. The van der Waals surface area contributed by atoms with Crippen LogP contribution in [0.2, 0.25) is 0 Å². The SMILES string of the molecule is COc1ccc(/C=C/C(=O)OC2CC(C)(C)N([O])CC2(C)C)cc1. The first-order chi connectivity index (χ1) is 11.1. The third-order valence-corrected chi connectivity index (χ3v) is 4.57. The van der Waals surface area contributed by atoms with Crippen LogP contribution in [0.25, 0.3) is 6.08 Å². The Morgan fingerprint density at radius 3 is 2.42 bits per heavy atom. The van der Waals surface area contributed by atoms with Crippen molar-refractivity contribution in [1.82, 2.24) is 5.06 Å². The largest absolute Gasteiger partial charge is 0.497 e. The van der Waals surface area contributed by atoms with Crippen LogP contribution in [0.4, 0.5) is 0 Å². The van der Waals surface area contributed by atoms with E-state index in [9.17, 15) is 10.0 Å². The first-order valence-electron chi connectivity index (χ1n) is 8.11. The number of ether oxygens (including phenoxy) is 2. The van der Waals surface area contributed by atoms with Gasteiger partial charge in [0.2, 0.25) is 0 Å². The lowest BCUT2D eigenvalue weighted by atomic mass is 9.75. The summed E-state index contributed by atoms with van der Waals surface area (Å²) in [7, 11) is 1.61.